The normalized spacial score (nSPS) is 16.6. The average Bonchev–Trinajstić information content (AvgIpc) is 3.06. The summed E-state index contributed by atoms with van der Waals surface area (Å²) in [5.74, 6) is 0.924. The Morgan fingerprint density at radius 1 is 1.08 bits per heavy atom. The van der Waals surface area contributed by atoms with Crippen LogP contribution in [0.25, 0.3) is 0 Å². The third kappa shape index (κ3) is 4.07. The number of ether oxygens (including phenoxy) is 2. The first-order valence-electron chi connectivity index (χ1n) is 8.12. The number of hydrogen-bond acceptors (Lipinski definition) is 6. The second kappa shape index (κ2) is 8.26. The average molecular weight is 461 g/mol. The van der Waals surface area contributed by atoms with Gasteiger partial charge in [-0.05, 0) is 39.5 Å². The van der Waals surface area contributed by atoms with E-state index in [-0.39, 0.29) is 4.90 Å². The largest absolute Gasteiger partial charge is 0.493 e. The van der Waals surface area contributed by atoms with Crippen LogP contribution in [0.3, 0.4) is 0 Å². The van der Waals surface area contributed by atoms with Crippen LogP contribution >= 0.6 is 27.3 Å². The Labute approximate surface area is 166 Å². The van der Waals surface area contributed by atoms with Crippen molar-refractivity contribution in [1.29, 1.82) is 0 Å². The first kappa shape index (κ1) is 19.6. The van der Waals surface area contributed by atoms with Gasteiger partial charge in [-0.1, -0.05) is 0 Å². The highest BCUT2D eigenvalue weighted by Gasteiger charge is 2.29. The maximum absolute atomic E-state index is 12.9. The molecule has 0 saturated carbocycles. The van der Waals surface area contributed by atoms with Gasteiger partial charge in [0.1, 0.15) is 0 Å². The Bertz CT molecular complexity index is 861. The predicted molar refractivity (Wildman–Crippen MR) is 106 cm³/mol. The SMILES string of the molecule is COc1ccc(S(=O)(=O)N2CCN(Cc3sccc3Br)CC2)cc1OC. The van der Waals surface area contributed by atoms with Gasteiger partial charge < -0.3 is 9.47 Å². The Kier molecular flexibility index (Phi) is 6.24. The van der Waals surface area contributed by atoms with E-state index in [0.717, 1.165) is 11.0 Å². The summed E-state index contributed by atoms with van der Waals surface area (Å²) in [6.07, 6.45) is 0. The molecule has 0 radical (unpaired) electrons. The van der Waals surface area contributed by atoms with Crippen LogP contribution in [0.5, 0.6) is 11.5 Å². The molecular weight excluding hydrogens is 440 g/mol. The van der Waals surface area contributed by atoms with Crippen molar-refractivity contribution in [3.05, 3.63) is 39.0 Å². The van der Waals surface area contributed by atoms with Gasteiger partial charge in [0.25, 0.3) is 0 Å². The first-order valence-corrected chi connectivity index (χ1v) is 11.2. The molecule has 142 valence electrons. The molecule has 26 heavy (non-hydrogen) atoms. The van der Waals surface area contributed by atoms with Crippen LogP contribution in [0.15, 0.2) is 39.0 Å². The molecule has 3 rings (SSSR count). The zero-order valence-electron chi connectivity index (χ0n) is 14.6. The van der Waals surface area contributed by atoms with Crippen molar-refractivity contribution in [1.82, 2.24) is 9.21 Å². The van der Waals surface area contributed by atoms with Gasteiger partial charge in [-0.15, -0.1) is 11.3 Å². The van der Waals surface area contributed by atoms with Crippen LogP contribution in [0.1, 0.15) is 4.88 Å². The van der Waals surface area contributed by atoms with Gasteiger partial charge in [0.15, 0.2) is 11.5 Å². The summed E-state index contributed by atoms with van der Waals surface area (Å²) in [5, 5.41) is 2.05. The van der Waals surface area contributed by atoms with E-state index in [9.17, 15) is 8.42 Å². The highest BCUT2D eigenvalue weighted by atomic mass is 79.9. The van der Waals surface area contributed by atoms with Gasteiger partial charge in [0.05, 0.1) is 19.1 Å². The van der Waals surface area contributed by atoms with E-state index in [2.05, 4.69) is 26.2 Å². The number of thiophene rings is 1. The van der Waals surface area contributed by atoms with Gasteiger partial charge in [0, 0.05) is 48.1 Å². The number of methoxy groups -OCH3 is 2. The number of rotatable bonds is 6. The molecule has 0 atom stereocenters. The molecule has 0 amide bonds. The molecule has 0 spiro atoms. The van der Waals surface area contributed by atoms with Crippen molar-refractivity contribution >= 4 is 37.3 Å². The highest BCUT2D eigenvalue weighted by Crippen LogP contribution is 2.31. The Hall–Kier alpha value is -1.13. The van der Waals surface area contributed by atoms with Crippen molar-refractivity contribution in [2.24, 2.45) is 0 Å². The molecule has 1 saturated heterocycles. The minimum atomic E-state index is -3.55. The fraction of sp³-hybridized carbons (Fsp3) is 0.412. The van der Waals surface area contributed by atoms with Crippen LogP contribution in [-0.4, -0.2) is 58.0 Å². The molecular formula is C17H21BrN2O4S2. The van der Waals surface area contributed by atoms with E-state index in [1.54, 1.807) is 23.5 Å². The summed E-state index contributed by atoms with van der Waals surface area (Å²) < 4.78 is 38.9. The second-order valence-electron chi connectivity index (χ2n) is 5.89. The van der Waals surface area contributed by atoms with Gasteiger partial charge >= 0.3 is 0 Å². The molecule has 6 nitrogen and oxygen atoms in total. The van der Waals surface area contributed by atoms with E-state index >= 15 is 0 Å². The number of benzene rings is 1. The van der Waals surface area contributed by atoms with Crippen LogP contribution in [-0.2, 0) is 16.6 Å². The summed E-state index contributed by atoms with van der Waals surface area (Å²) in [6, 6.07) is 6.74. The number of nitrogens with zero attached hydrogens (tertiary/aromatic N) is 2. The third-order valence-corrected chi connectivity index (χ3v) is 8.19. The van der Waals surface area contributed by atoms with Crippen molar-refractivity contribution in [2.45, 2.75) is 11.4 Å². The minimum Gasteiger partial charge on any atom is -0.493 e. The zero-order chi connectivity index (χ0) is 18.7. The van der Waals surface area contributed by atoms with E-state index in [0.29, 0.717) is 37.7 Å². The lowest BCUT2D eigenvalue weighted by Gasteiger charge is -2.33. The molecule has 0 N–H and O–H groups in total. The van der Waals surface area contributed by atoms with Crippen molar-refractivity contribution in [3.63, 3.8) is 0 Å². The molecule has 0 unspecified atom stereocenters. The van der Waals surface area contributed by atoms with E-state index in [4.69, 9.17) is 9.47 Å². The van der Waals surface area contributed by atoms with Gasteiger partial charge in [-0.25, -0.2) is 8.42 Å². The smallest absolute Gasteiger partial charge is 0.243 e. The quantitative estimate of drug-likeness (QED) is 0.662. The Morgan fingerprint density at radius 2 is 1.77 bits per heavy atom. The number of halogens is 1. The van der Waals surface area contributed by atoms with Crippen molar-refractivity contribution in [2.75, 3.05) is 40.4 Å². The molecule has 0 aliphatic carbocycles. The van der Waals surface area contributed by atoms with Crippen molar-refractivity contribution < 1.29 is 17.9 Å². The first-order chi connectivity index (χ1) is 12.5. The maximum atomic E-state index is 12.9. The Balaban J connectivity index is 1.69. The molecule has 2 heterocycles. The summed E-state index contributed by atoms with van der Waals surface area (Å²) in [5.41, 5.74) is 0. The second-order valence-corrected chi connectivity index (χ2v) is 9.68. The van der Waals surface area contributed by atoms with Gasteiger partial charge in [-0.2, -0.15) is 4.31 Å². The van der Waals surface area contributed by atoms with Crippen LogP contribution < -0.4 is 9.47 Å². The number of hydrogen-bond donors (Lipinski definition) is 0. The van der Waals surface area contributed by atoms with Crippen molar-refractivity contribution in [3.8, 4) is 11.5 Å². The fourth-order valence-electron chi connectivity index (χ4n) is 2.90. The summed E-state index contributed by atoms with van der Waals surface area (Å²) in [6.45, 7) is 3.19. The molecule has 2 aromatic rings. The number of piperazine rings is 1. The standard InChI is InChI=1S/C17H21BrN2O4S2/c1-23-15-4-3-13(11-16(15)24-2)26(21,22)20-8-6-19(7-9-20)12-17-14(18)5-10-25-17/h3-5,10-11H,6-9,12H2,1-2H3. The van der Waals surface area contributed by atoms with Crippen LogP contribution in [0, 0.1) is 0 Å². The highest BCUT2D eigenvalue weighted by molar-refractivity contribution is 9.10. The lowest BCUT2D eigenvalue weighted by molar-refractivity contribution is 0.182. The molecule has 9 heteroatoms. The molecule has 1 aromatic heterocycles. The third-order valence-electron chi connectivity index (χ3n) is 4.38. The lowest BCUT2D eigenvalue weighted by Crippen LogP contribution is -2.48. The fourth-order valence-corrected chi connectivity index (χ4v) is 5.85. The number of sulfonamides is 1. The minimum absolute atomic E-state index is 0.226. The summed E-state index contributed by atoms with van der Waals surface area (Å²) in [7, 11) is -0.528. The maximum Gasteiger partial charge on any atom is 0.243 e. The van der Waals surface area contributed by atoms with E-state index in [1.165, 1.54) is 29.5 Å². The molecule has 1 aliphatic heterocycles. The topological polar surface area (TPSA) is 59.1 Å². The molecule has 1 fully saturated rings. The van der Waals surface area contributed by atoms with E-state index < -0.39 is 10.0 Å². The van der Waals surface area contributed by atoms with Gasteiger partial charge in [0.2, 0.25) is 10.0 Å². The van der Waals surface area contributed by atoms with Crippen LogP contribution in [0.4, 0.5) is 0 Å². The zero-order valence-corrected chi connectivity index (χ0v) is 17.9. The van der Waals surface area contributed by atoms with Crippen LogP contribution in [0.2, 0.25) is 0 Å². The Morgan fingerprint density at radius 3 is 2.35 bits per heavy atom. The molecule has 0 bridgehead atoms. The summed E-state index contributed by atoms with van der Waals surface area (Å²) >= 11 is 5.26. The van der Waals surface area contributed by atoms with Gasteiger partial charge in [-0.3, -0.25) is 4.90 Å². The molecule has 1 aliphatic rings. The summed E-state index contributed by atoms with van der Waals surface area (Å²) in [4.78, 5) is 3.77. The van der Waals surface area contributed by atoms with E-state index in [1.807, 2.05) is 6.07 Å². The lowest BCUT2D eigenvalue weighted by atomic mass is 10.3. The predicted octanol–water partition coefficient (Wildman–Crippen LogP) is 3.03. The molecule has 1 aromatic carbocycles. The monoisotopic (exact) mass is 460 g/mol.